The van der Waals surface area contributed by atoms with Crippen LogP contribution in [0.5, 0.6) is 5.88 Å². The number of carbonyl (C=O) groups is 1. The van der Waals surface area contributed by atoms with Crippen LogP contribution in [-0.2, 0) is 16.6 Å². The standard InChI is InChI=1S/C23H28N4O6S/c1-23(2,11-12-27-15-21(24-16-27)33-22(29)30)25-14-20(28)17-7-6-8-18(13-17)26-34(31,32)19-9-4-3-5-10-19/h3-10,13,15-16,20,25-26,28H,11-12,14H2,1-2H3,(H,29,30). The number of benzene rings is 2. The lowest BCUT2D eigenvalue weighted by atomic mass is 9.99. The molecule has 4 N–H and O–H groups in total. The molecule has 3 rings (SSSR count). The van der Waals surface area contributed by atoms with E-state index >= 15 is 0 Å². The monoisotopic (exact) mass is 488 g/mol. The number of anilines is 1. The second kappa shape index (κ2) is 10.7. The number of nitrogens with one attached hydrogen (secondary N) is 2. The molecule has 0 saturated heterocycles. The van der Waals surface area contributed by atoms with Gasteiger partial charge in [-0.05, 0) is 50.1 Å². The normalized spacial score (nSPS) is 12.8. The average molecular weight is 489 g/mol. The van der Waals surface area contributed by atoms with Crippen LogP contribution in [-0.4, -0.2) is 46.4 Å². The summed E-state index contributed by atoms with van der Waals surface area (Å²) < 4.78 is 33.9. The maximum atomic E-state index is 12.6. The van der Waals surface area contributed by atoms with Crippen molar-refractivity contribution < 1.29 is 28.2 Å². The van der Waals surface area contributed by atoms with Gasteiger partial charge in [0.15, 0.2) is 0 Å². The van der Waals surface area contributed by atoms with E-state index in [0.717, 1.165) is 0 Å². The number of ether oxygens (including phenoxy) is 1. The smallest absolute Gasteiger partial charge is 0.449 e. The van der Waals surface area contributed by atoms with Gasteiger partial charge < -0.3 is 24.8 Å². The van der Waals surface area contributed by atoms with Gasteiger partial charge in [-0.2, -0.15) is 0 Å². The fourth-order valence-electron chi connectivity index (χ4n) is 3.21. The van der Waals surface area contributed by atoms with Crippen molar-refractivity contribution in [2.45, 2.75) is 43.4 Å². The second-order valence-electron chi connectivity index (χ2n) is 8.39. The largest absolute Gasteiger partial charge is 0.512 e. The third kappa shape index (κ3) is 7.30. The molecule has 0 saturated carbocycles. The summed E-state index contributed by atoms with van der Waals surface area (Å²) in [5.74, 6) is 0.0106. The molecule has 1 unspecified atom stereocenters. The molecule has 1 atom stereocenters. The number of aryl methyl sites for hydroxylation is 1. The number of aliphatic hydroxyl groups is 1. The van der Waals surface area contributed by atoms with Crippen LogP contribution in [0.4, 0.5) is 10.5 Å². The van der Waals surface area contributed by atoms with Gasteiger partial charge in [0.05, 0.1) is 23.5 Å². The van der Waals surface area contributed by atoms with E-state index in [-0.39, 0.29) is 22.9 Å². The third-order valence-corrected chi connectivity index (χ3v) is 6.54. The molecule has 1 heterocycles. The van der Waals surface area contributed by atoms with Crippen LogP contribution in [0.15, 0.2) is 72.0 Å². The highest BCUT2D eigenvalue weighted by Gasteiger charge is 2.20. The molecule has 1 aromatic heterocycles. The van der Waals surface area contributed by atoms with Gasteiger partial charge in [-0.1, -0.05) is 30.3 Å². The minimum absolute atomic E-state index is 0.0106. The van der Waals surface area contributed by atoms with Crippen molar-refractivity contribution in [1.29, 1.82) is 0 Å². The molecular weight excluding hydrogens is 460 g/mol. The van der Waals surface area contributed by atoms with Gasteiger partial charge in [0.2, 0.25) is 5.88 Å². The van der Waals surface area contributed by atoms with Crippen LogP contribution >= 0.6 is 0 Å². The quantitative estimate of drug-likeness (QED) is 0.301. The Hall–Kier alpha value is -3.41. The maximum absolute atomic E-state index is 12.6. The van der Waals surface area contributed by atoms with Gasteiger partial charge in [0.25, 0.3) is 10.0 Å². The predicted molar refractivity (Wildman–Crippen MR) is 126 cm³/mol. The van der Waals surface area contributed by atoms with Crippen LogP contribution < -0.4 is 14.8 Å². The van der Waals surface area contributed by atoms with E-state index in [1.807, 2.05) is 13.8 Å². The molecular formula is C23H28N4O6S. The second-order valence-corrected chi connectivity index (χ2v) is 10.1. The van der Waals surface area contributed by atoms with Crippen molar-refractivity contribution in [1.82, 2.24) is 14.9 Å². The van der Waals surface area contributed by atoms with E-state index < -0.39 is 22.3 Å². The maximum Gasteiger partial charge on any atom is 0.512 e. The van der Waals surface area contributed by atoms with Crippen LogP contribution in [0.3, 0.4) is 0 Å². The number of sulfonamides is 1. The molecule has 0 amide bonds. The zero-order valence-corrected chi connectivity index (χ0v) is 19.7. The Bertz CT molecular complexity index is 1210. The number of aromatic nitrogens is 2. The van der Waals surface area contributed by atoms with Crippen LogP contribution in [0, 0.1) is 0 Å². The van der Waals surface area contributed by atoms with Gasteiger partial charge in [-0.25, -0.2) is 18.2 Å². The predicted octanol–water partition coefficient (Wildman–Crippen LogP) is 3.23. The Labute approximate surface area is 198 Å². The topological polar surface area (TPSA) is 143 Å². The van der Waals surface area contributed by atoms with Gasteiger partial charge in [-0.3, -0.25) is 4.72 Å². The molecule has 0 spiro atoms. The molecule has 0 bridgehead atoms. The molecule has 0 aliphatic rings. The number of carboxylic acid groups (broad SMARTS) is 1. The zero-order valence-electron chi connectivity index (χ0n) is 18.9. The summed E-state index contributed by atoms with van der Waals surface area (Å²) in [7, 11) is -3.73. The summed E-state index contributed by atoms with van der Waals surface area (Å²) in [5, 5.41) is 22.6. The lowest BCUT2D eigenvalue weighted by Crippen LogP contribution is -2.42. The molecule has 0 radical (unpaired) electrons. The van der Waals surface area contributed by atoms with E-state index in [0.29, 0.717) is 24.2 Å². The number of hydrogen-bond donors (Lipinski definition) is 4. The number of aliphatic hydroxyl groups excluding tert-OH is 1. The number of nitrogens with zero attached hydrogens (tertiary/aromatic N) is 2. The zero-order chi connectivity index (χ0) is 24.8. The summed E-state index contributed by atoms with van der Waals surface area (Å²) in [4.78, 5) is 14.6. The number of β-amino-alcohol motifs (C(OH)–C–C–N with tert-alkyl or cyclic N) is 1. The van der Waals surface area contributed by atoms with E-state index in [2.05, 4.69) is 19.8 Å². The Kier molecular flexibility index (Phi) is 7.92. The van der Waals surface area contributed by atoms with E-state index in [4.69, 9.17) is 5.11 Å². The van der Waals surface area contributed by atoms with Gasteiger partial charge in [0, 0.05) is 24.3 Å². The van der Waals surface area contributed by atoms with Crippen molar-refractivity contribution in [2.75, 3.05) is 11.3 Å². The summed E-state index contributed by atoms with van der Waals surface area (Å²) in [6.07, 6.45) is 1.38. The first-order chi connectivity index (χ1) is 16.0. The fraction of sp³-hybridized carbons (Fsp3) is 0.304. The van der Waals surface area contributed by atoms with Gasteiger partial charge in [-0.15, -0.1) is 0 Å². The first kappa shape index (κ1) is 25.2. The first-order valence-corrected chi connectivity index (χ1v) is 12.1. The number of hydrogen-bond acceptors (Lipinski definition) is 7. The molecule has 34 heavy (non-hydrogen) atoms. The van der Waals surface area contributed by atoms with E-state index in [9.17, 15) is 18.3 Å². The first-order valence-electron chi connectivity index (χ1n) is 10.6. The van der Waals surface area contributed by atoms with Crippen LogP contribution in [0.2, 0.25) is 0 Å². The summed E-state index contributed by atoms with van der Waals surface area (Å²) in [5.41, 5.74) is 0.576. The highest BCUT2D eigenvalue weighted by atomic mass is 32.2. The van der Waals surface area contributed by atoms with Gasteiger partial charge in [0.1, 0.15) is 0 Å². The SMILES string of the molecule is CC(C)(CCn1cnc(OC(=O)O)c1)NCC(O)c1cccc(NS(=O)(=O)c2ccccc2)c1. The Morgan fingerprint density at radius 3 is 2.62 bits per heavy atom. The average Bonchev–Trinajstić information content (AvgIpc) is 3.23. The van der Waals surface area contributed by atoms with Crippen molar-refractivity contribution >= 4 is 21.9 Å². The van der Waals surface area contributed by atoms with E-state index in [1.54, 1.807) is 47.0 Å². The van der Waals surface area contributed by atoms with Crippen LogP contribution in [0.1, 0.15) is 31.9 Å². The molecule has 3 aromatic rings. The third-order valence-electron chi connectivity index (χ3n) is 5.15. The fourth-order valence-corrected chi connectivity index (χ4v) is 4.29. The highest BCUT2D eigenvalue weighted by Crippen LogP contribution is 2.21. The molecule has 182 valence electrons. The van der Waals surface area contributed by atoms with Crippen molar-refractivity contribution in [2.24, 2.45) is 0 Å². The molecule has 0 aliphatic carbocycles. The minimum Gasteiger partial charge on any atom is -0.449 e. The molecule has 11 heteroatoms. The minimum atomic E-state index is -3.73. The van der Waals surface area contributed by atoms with Crippen molar-refractivity contribution in [3.05, 3.63) is 72.7 Å². The summed E-state index contributed by atoms with van der Waals surface area (Å²) in [6, 6.07) is 14.7. The summed E-state index contributed by atoms with van der Waals surface area (Å²) >= 11 is 0. The lowest BCUT2D eigenvalue weighted by molar-refractivity contribution is 0.142. The molecule has 0 fully saturated rings. The number of imidazole rings is 1. The molecule has 10 nitrogen and oxygen atoms in total. The highest BCUT2D eigenvalue weighted by molar-refractivity contribution is 7.92. The van der Waals surface area contributed by atoms with E-state index in [1.165, 1.54) is 24.7 Å². The molecule has 0 aliphatic heterocycles. The Balaban J connectivity index is 1.55. The van der Waals surface area contributed by atoms with Crippen molar-refractivity contribution in [3.63, 3.8) is 0 Å². The lowest BCUT2D eigenvalue weighted by Gasteiger charge is -2.28. The van der Waals surface area contributed by atoms with Crippen LogP contribution in [0.25, 0.3) is 0 Å². The van der Waals surface area contributed by atoms with Crippen molar-refractivity contribution in [3.8, 4) is 5.88 Å². The van der Waals surface area contributed by atoms with Gasteiger partial charge >= 0.3 is 6.16 Å². The number of rotatable bonds is 11. The summed E-state index contributed by atoms with van der Waals surface area (Å²) in [6.45, 7) is 4.77. The Morgan fingerprint density at radius 1 is 1.18 bits per heavy atom. The Morgan fingerprint density at radius 2 is 1.91 bits per heavy atom. The molecule has 2 aromatic carbocycles.